The van der Waals surface area contributed by atoms with Crippen LogP contribution in [0.1, 0.15) is 33.6 Å². The summed E-state index contributed by atoms with van der Waals surface area (Å²) in [6.45, 7) is 6.92. The zero-order valence-electron chi connectivity index (χ0n) is 12.5. The van der Waals surface area contributed by atoms with Crippen molar-refractivity contribution in [2.75, 3.05) is 19.8 Å². The lowest BCUT2D eigenvalue weighted by atomic mass is 9.98. The number of hydrogen-bond acceptors (Lipinski definition) is 4. The minimum atomic E-state index is -0.908. The number of ether oxygens (including phenoxy) is 1. The Hall–Kier alpha value is -1.14. The molecule has 3 atom stereocenters. The van der Waals surface area contributed by atoms with E-state index < -0.39 is 11.9 Å². The van der Waals surface area contributed by atoms with Crippen LogP contribution in [0.3, 0.4) is 0 Å². The van der Waals surface area contributed by atoms with Gasteiger partial charge in [0, 0.05) is 19.0 Å². The van der Waals surface area contributed by atoms with E-state index >= 15 is 0 Å². The molecule has 1 saturated heterocycles. The number of carbonyl (C=O) groups excluding carboxylic acids is 1. The zero-order valence-corrected chi connectivity index (χ0v) is 12.5. The Morgan fingerprint density at radius 3 is 2.55 bits per heavy atom. The summed E-state index contributed by atoms with van der Waals surface area (Å²) >= 11 is 0. The van der Waals surface area contributed by atoms with Gasteiger partial charge in [0.1, 0.15) is 5.92 Å². The van der Waals surface area contributed by atoms with Gasteiger partial charge in [0.2, 0.25) is 5.91 Å². The molecular formula is C14H26N2O4. The smallest absolute Gasteiger partial charge is 0.311 e. The van der Waals surface area contributed by atoms with E-state index in [9.17, 15) is 14.7 Å². The lowest BCUT2D eigenvalue weighted by molar-refractivity contribution is -0.145. The Kier molecular flexibility index (Phi) is 6.42. The van der Waals surface area contributed by atoms with E-state index in [4.69, 9.17) is 10.5 Å². The van der Waals surface area contributed by atoms with E-state index in [2.05, 4.69) is 0 Å². The Morgan fingerprint density at radius 2 is 2.05 bits per heavy atom. The Morgan fingerprint density at radius 1 is 1.40 bits per heavy atom. The van der Waals surface area contributed by atoms with Gasteiger partial charge in [0.25, 0.3) is 0 Å². The van der Waals surface area contributed by atoms with E-state index in [1.54, 1.807) is 4.90 Å². The number of nitrogens with two attached hydrogens (primary N) is 1. The van der Waals surface area contributed by atoms with Gasteiger partial charge < -0.3 is 20.5 Å². The van der Waals surface area contributed by atoms with E-state index in [1.807, 2.05) is 20.8 Å². The SMILES string of the molecule is CCCN(C(=O)CC(N)C(C)C)C1COCC1C(=O)O. The number of hydrogen-bond donors (Lipinski definition) is 2. The van der Waals surface area contributed by atoms with Crippen LogP contribution in [0.25, 0.3) is 0 Å². The molecule has 1 aliphatic heterocycles. The number of nitrogens with zero attached hydrogens (tertiary/aromatic N) is 1. The van der Waals surface area contributed by atoms with Gasteiger partial charge in [-0.1, -0.05) is 20.8 Å². The number of carbonyl (C=O) groups is 2. The summed E-state index contributed by atoms with van der Waals surface area (Å²) in [5.41, 5.74) is 5.95. The molecule has 0 aromatic heterocycles. The molecule has 0 aliphatic carbocycles. The van der Waals surface area contributed by atoms with Crippen LogP contribution in [0.15, 0.2) is 0 Å². The third-order valence-corrected chi connectivity index (χ3v) is 3.82. The second-order valence-electron chi connectivity index (χ2n) is 5.75. The highest BCUT2D eigenvalue weighted by molar-refractivity contribution is 5.79. The maximum Gasteiger partial charge on any atom is 0.311 e. The van der Waals surface area contributed by atoms with Crippen LogP contribution in [0.4, 0.5) is 0 Å². The molecule has 116 valence electrons. The zero-order chi connectivity index (χ0) is 15.3. The van der Waals surface area contributed by atoms with Crippen molar-refractivity contribution in [2.45, 2.75) is 45.7 Å². The molecule has 6 heteroatoms. The minimum absolute atomic E-state index is 0.0743. The second kappa shape index (κ2) is 7.59. The van der Waals surface area contributed by atoms with Crippen LogP contribution in [0, 0.1) is 11.8 Å². The monoisotopic (exact) mass is 286 g/mol. The van der Waals surface area contributed by atoms with Gasteiger partial charge in [0.15, 0.2) is 0 Å². The summed E-state index contributed by atoms with van der Waals surface area (Å²) in [7, 11) is 0. The highest BCUT2D eigenvalue weighted by Gasteiger charge is 2.39. The molecule has 0 aromatic carbocycles. The highest BCUT2D eigenvalue weighted by Crippen LogP contribution is 2.22. The van der Waals surface area contributed by atoms with E-state index in [-0.39, 0.29) is 36.9 Å². The molecule has 0 bridgehead atoms. The van der Waals surface area contributed by atoms with E-state index in [1.165, 1.54) is 0 Å². The van der Waals surface area contributed by atoms with Crippen LogP contribution in [-0.4, -0.2) is 53.7 Å². The molecule has 1 fully saturated rings. The molecule has 3 N–H and O–H groups in total. The van der Waals surface area contributed by atoms with Crippen molar-refractivity contribution in [2.24, 2.45) is 17.6 Å². The molecule has 3 unspecified atom stereocenters. The summed E-state index contributed by atoms with van der Waals surface area (Å²) in [5, 5.41) is 9.21. The normalized spacial score (nSPS) is 23.9. The maximum atomic E-state index is 12.4. The average molecular weight is 286 g/mol. The van der Waals surface area contributed by atoms with Gasteiger partial charge in [0.05, 0.1) is 19.3 Å². The highest BCUT2D eigenvalue weighted by atomic mass is 16.5. The number of carboxylic acids is 1. The van der Waals surface area contributed by atoms with Crippen molar-refractivity contribution in [3.8, 4) is 0 Å². The van der Waals surface area contributed by atoms with Crippen molar-refractivity contribution < 1.29 is 19.4 Å². The van der Waals surface area contributed by atoms with Gasteiger partial charge in [-0.15, -0.1) is 0 Å². The first-order valence-corrected chi connectivity index (χ1v) is 7.24. The number of carboxylic acid groups (broad SMARTS) is 1. The molecule has 0 radical (unpaired) electrons. The Labute approximate surface area is 120 Å². The fourth-order valence-electron chi connectivity index (χ4n) is 2.36. The molecule has 0 saturated carbocycles. The fourth-order valence-corrected chi connectivity index (χ4v) is 2.36. The van der Waals surface area contributed by atoms with Crippen LogP contribution in [-0.2, 0) is 14.3 Å². The van der Waals surface area contributed by atoms with Crippen LogP contribution in [0.2, 0.25) is 0 Å². The predicted octanol–water partition coefficient (Wildman–Crippen LogP) is 0.698. The second-order valence-corrected chi connectivity index (χ2v) is 5.75. The molecular weight excluding hydrogens is 260 g/mol. The molecule has 1 aliphatic rings. The number of amides is 1. The van der Waals surface area contributed by atoms with Crippen molar-refractivity contribution in [1.82, 2.24) is 4.90 Å². The average Bonchev–Trinajstić information content (AvgIpc) is 2.84. The first-order chi connectivity index (χ1) is 9.38. The van der Waals surface area contributed by atoms with Crippen molar-refractivity contribution >= 4 is 11.9 Å². The molecule has 20 heavy (non-hydrogen) atoms. The quantitative estimate of drug-likeness (QED) is 0.718. The first kappa shape index (κ1) is 16.9. The van der Waals surface area contributed by atoms with Gasteiger partial charge in [-0.2, -0.15) is 0 Å². The van der Waals surface area contributed by atoms with Crippen LogP contribution in [0.5, 0.6) is 0 Å². The fraction of sp³-hybridized carbons (Fsp3) is 0.857. The molecule has 0 aromatic rings. The van der Waals surface area contributed by atoms with Crippen LogP contribution < -0.4 is 5.73 Å². The van der Waals surface area contributed by atoms with Gasteiger partial charge in [-0.05, 0) is 12.3 Å². The molecule has 0 spiro atoms. The summed E-state index contributed by atoms with van der Waals surface area (Å²) < 4.78 is 5.25. The summed E-state index contributed by atoms with van der Waals surface area (Å²) in [4.78, 5) is 25.3. The standard InChI is InChI=1S/C14H26N2O4/c1-4-5-16(13(17)6-11(15)9(2)3)12-8-20-7-10(12)14(18)19/h9-12H,4-8,15H2,1-3H3,(H,18,19). The maximum absolute atomic E-state index is 12.4. The van der Waals surface area contributed by atoms with Crippen molar-refractivity contribution in [3.63, 3.8) is 0 Å². The minimum Gasteiger partial charge on any atom is -0.481 e. The van der Waals surface area contributed by atoms with Gasteiger partial charge >= 0.3 is 5.97 Å². The van der Waals surface area contributed by atoms with Crippen molar-refractivity contribution in [1.29, 1.82) is 0 Å². The topological polar surface area (TPSA) is 92.9 Å². The van der Waals surface area contributed by atoms with Gasteiger partial charge in [-0.25, -0.2) is 0 Å². The number of rotatable bonds is 7. The van der Waals surface area contributed by atoms with E-state index in [0.717, 1.165) is 6.42 Å². The molecule has 6 nitrogen and oxygen atoms in total. The molecule has 1 amide bonds. The molecule has 1 rings (SSSR count). The Balaban J connectivity index is 2.77. The molecule has 1 heterocycles. The third-order valence-electron chi connectivity index (χ3n) is 3.82. The lowest BCUT2D eigenvalue weighted by Gasteiger charge is -2.31. The van der Waals surface area contributed by atoms with Crippen LogP contribution >= 0.6 is 0 Å². The largest absolute Gasteiger partial charge is 0.481 e. The van der Waals surface area contributed by atoms with Gasteiger partial charge in [-0.3, -0.25) is 9.59 Å². The number of aliphatic carboxylic acids is 1. The van der Waals surface area contributed by atoms with E-state index in [0.29, 0.717) is 13.2 Å². The third kappa shape index (κ3) is 4.18. The summed E-state index contributed by atoms with van der Waals surface area (Å²) in [6, 6.07) is -0.577. The lowest BCUT2D eigenvalue weighted by Crippen LogP contribution is -2.48. The predicted molar refractivity (Wildman–Crippen MR) is 75.2 cm³/mol. The first-order valence-electron chi connectivity index (χ1n) is 7.24. The summed E-state index contributed by atoms with van der Waals surface area (Å²) in [5.74, 6) is -1.40. The van der Waals surface area contributed by atoms with Crippen molar-refractivity contribution in [3.05, 3.63) is 0 Å². The Bertz CT molecular complexity index is 346. The summed E-state index contributed by atoms with van der Waals surface area (Å²) in [6.07, 6.45) is 1.03.